The van der Waals surface area contributed by atoms with Crippen molar-refractivity contribution in [3.63, 3.8) is 0 Å². The van der Waals surface area contributed by atoms with Crippen molar-refractivity contribution < 1.29 is 4.79 Å². The molecule has 0 saturated carbocycles. The van der Waals surface area contributed by atoms with Gasteiger partial charge in [-0.3, -0.25) is 4.79 Å². The number of benzene rings is 2. The molecule has 0 spiro atoms. The Balaban J connectivity index is 1.90. The molecule has 2 rings (SSSR count). The first-order valence-electron chi connectivity index (χ1n) is 6.42. The van der Waals surface area contributed by atoms with Crippen molar-refractivity contribution in [2.75, 3.05) is 17.7 Å². The quantitative estimate of drug-likeness (QED) is 0.772. The maximum Gasteiger partial charge on any atom is 0.236 e. The normalized spacial score (nSPS) is 10.4. The maximum absolute atomic E-state index is 12.1. The van der Waals surface area contributed by atoms with Gasteiger partial charge >= 0.3 is 0 Å². The minimum absolute atomic E-state index is 0.0503. The van der Waals surface area contributed by atoms with Gasteiger partial charge in [0, 0.05) is 28.5 Å². The zero-order valence-electron chi connectivity index (χ0n) is 11.6. The third kappa shape index (κ3) is 4.40. The number of amides is 1. The van der Waals surface area contributed by atoms with E-state index in [1.165, 1.54) is 11.8 Å². The second-order valence-electron chi connectivity index (χ2n) is 4.48. The van der Waals surface area contributed by atoms with Gasteiger partial charge in [0.15, 0.2) is 0 Å². The smallest absolute Gasteiger partial charge is 0.236 e. The van der Waals surface area contributed by atoms with Crippen LogP contribution in [0.5, 0.6) is 0 Å². The Labute approximate surface area is 139 Å². The average molecular weight is 340 g/mol. The van der Waals surface area contributed by atoms with E-state index < -0.39 is 0 Å². The topological polar surface area (TPSA) is 20.3 Å². The van der Waals surface area contributed by atoms with Crippen molar-refractivity contribution in [1.29, 1.82) is 0 Å². The van der Waals surface area contributed by atoms with E-state index in [1.54, 1.807) is 24.1 Å². The average Bonchev–Trinajstić information content (AvgIpc) is 2.50. The molecule has 0 atom stereocenters. The predicted octanol–water partition coefficient (Wildman–Crippen LogP) is 4.89. The van der Waals surface area contributed by atoms with E-state index in [-0.39, 0.29) is 5.91 Å². The Morgan fingerprint density at radius 3 is 2.29 bits per heavy atom. The van der Waals surface area contributed by atoms with Crippen molar-refractivity contribution >= 4 is 46.6 Å². The fraction of sp³-hybridized carbons (Fsp3) is 0.188. The summed E-state index contributed by atoms with van der Waals surface area (Å²) in [5, 5.41) is 1.28. The molecule has 0 aliphatic rings. The first-order chi connectivity index (χ1) is 10.1. The third-order valence-corrected chi connectivity index (χ3v) is 4.70. The summed E-state index contributed by atoms with van der Waals surface area (Å²) in [4.78, 5) is 13.8. The second kappa shape index (κ2) is 7.74. The highest BCUT2D eigenvalue weighted by atomic mass is 35.5. The number of nitrogens with zero attached hydrogens (tertiary/aromatic N) is 1. The van der Waals surface area contributed by atoms with Crippen molar-refractivity contribution in [1.82, 2.24) is 0 Å². The summed E-state index contributed by atoms with van der Waals surface area (Å²) >= 11 is 13.7. The summed E-state index contributed by atoms with van der Waals surface area (Å²) in [5.74, 6) is 1.05. The Morgan fingerprint density at radius 1 is 1.05 bits per heavy atom. The van der Waals surface area contributed by atoms with Crippen LogP contribution in [0.15, 0.2) is 48.5 Å². The van der Waals surface area contributed by atoms with Crippen LogP contribution < -0.4 is 4.90 Å². The lowest BCUT2D eigenvalue weighted by molar-refractivity contribution is -0.115. The maximum atomic E-state index is 12.1. The lowest BCUT2D eigenvalue weighted by Crippen LogP contribution is -2.27. The molecule has 0 bridgehead atoms. The molecule has 0 unspecified atom stereocenters. The Morgan fingerprint density at radius 2 is 1.67 bits per heavy atom. The highest BCUT2D eigenvalue weighted by Crippen LogP contribution is 2.28. The highest BCUT2D eigenvalue weighted by Gasteiger charge is 2.12. The van der Waals surface area contributed by atoms with Gasteiger partial charge in [-0.1, -0.05) is 47.5 Å². The molecule has 0 radical (unpaired) electrons. The van der Waals surface area contributed by atoms with E-state index in [1.807, 2.05) is 36.4 Å². The van der Waals surface area contributed by atoms with Gasteiger partial charge < -0.3 is 4.90 Å². The summed E-state index contributed by atoms with van der Waals surface area (Å²) in [5.41, 5.74) is 1.76. The van der Waals surface area contributed by atoms with E-state index in [9.17, 15) is 4.79 Å². The number of thioether (sulfide) groups is 1. The fourth-order valence-corrected chi connectivity index (χ4v) is 3.48. The molecule has 110 valence electrons. The molecular formula is C16H15Cl2NOS. The van der Waals surface area contributed by atoms with Crippen LogP contribution in [0.4, 0.5) is 5.69 Å². The summed E-state index contributed by atoms with van der Waals surface area (Å²) in [6.45, 7) is 0. The van der Waals surface area contributed by atoms with Gasteiger partial charge in [-0.05, 0) is 29.8 Å². The number of para-hydroxylation sites is 1. The molecule has 21 heavy (non-hydrogen) atoms. The van der Waals surface area contributed by atoms with Gasteiger partial charge in [-0.2, -0.15) is 0 Å². The standard InChI is InChI=1S/C16H15Cl2NOS/c1-19(12-6-3-2-4-7-12)16(20)11-21-10-13-14(17)8-5-9-15(13)18/h2-9H,10-11H2,1H3. The van der Waals surface area contributed by atoms with Crippen LogP contribution in [0, 0.1) is 0 Å². The SMILES string of the molecule is CN(C(=O)CSCc1c(Cl)cccc1Cl)c1ccccc1. The van der Waals surface area contributed by atoms with E-state index in [0.29, 0.717) is 21.6 Å². The van der Waals surface area contributed by atoms with Gasteiger partial charge in [0.25, 0.3) is 0 Å². The minimum Gasteiger partial charge on any atom is -0.315 e. The molecule has 0 heterocycles. The number of halogens is 2. The number of hydrogen-bond donors (Lipinski definition) is 0. The van der Waals surface area contributed by atoms with Crippen molar-refractivity contribution in [3.8, 4) is 0 Å². The van der Waals surface area contributed by atoms with Crippen LogP contribution >= 0.6 is 35.0 Å². The lowest BCUT2D eigenvalue weighted by Gasteiger charge is -2.17. The monoisotopic (exact) mass is 339 g/mol. The van der Waals surface area contributed by atoms with E-state index >= 15 is 0 Å². The summed E-state index contributed by atoms with van der Waals surface area (Å²) in [7, 11) is 1.78. The third-order valence-electron chi connectivity index (χ3n) is 3.05. The van der Waals surface area contributed by atoms with Crippen molar-refractivity contribution in [3.05, 3.63) is 64.1 Å². The molecule has 0 fully saturated rings. The number of carbonyl (C=O) groups excluding carboxylic acids is 1. The summed E-state index contributed by atoms with van der Waals surface area (Å²) in [6, 6.07) is 15.0. The van der Waals surface area contributed by atoms with Crippen LogP contribution in [0.2, 0.25) is 10.0 Å². The van der Waals surface area contributed by atoms with Gasteiger partial charge in [-0.15, -0.1) is 11.8 Å². The molecule has 0 saturated heterocycles. The Kier molecular flexibility index (Phi) is 5.97. The lowest BCUT2D eigenvalue weighted by atomic mass is 10.2. The summed E-state index contributed by atoms with van der Waals surface area (Å²) < 4.78 is 0. The van der Waals surface area contributed by atoms with Crippen LogP contribution in [-0.2, 0) is 10.5 Å². The van der Waals surface area contributed by atoms with Crippen LogP contribution in [0.25, 0.3) is 0 Å². The minimum atomic E-state index is 0.0503. The molecule has 5 heteroatoms. The molecule has 1 amide bonds. The molecule has 0 aliphatic heterocycles. The van der Waals surface area contributed by atoms with Crippen molar-refractivity contribution in [2.24, 2.45) is 0 Å². The molecule has 2 nitrogen and oxygen atoms in total. The van der Waals surface area contributed by atoms with E-state index in [4.69, 9.17) is 23.2 Å². The van der Waals surface area contributed by atoms with Crippen LogP contribution in [0.3, 0.4) is 0 Å². The van der Waals surface area contributed by atoms with Gasteiger partial charge in [0.05, 0.1) is 5.75 Å². The highest BCUT2D eigenvalue weighted by molar-refractivity contribution is 7.99. The molecule has 0 aromatic heterocycles. The van der Waals surface area contributed by atoms with E-state index in [0.717, 1.165) is 11.3 Å². The second-order valence-corrected chi connectivity index (χ2v) is 6.28. The molecule has 2 aromatic rings. The van der Waals surface area contributed by atoms with E-state index in [2.05, 4.69) is 0 Å². The van der Waals surface area contributed by atoms with Gasteiger partial charge in [0.1, 0.15) is 0 Å². The first kappa shape index (κ1) is 16.2. The Bertz CT molecular complexity index is 599. The number of rotatable bonds is 5. The molecule has 0 N–H and O–H groups in total. The number of carbonyl (C=O) groups is 1. The molecule has 2 aromatic carbocycles. The largest absolute Gasteiger partial charge is 0.315 e. The van der Waals surface area contributed by atoms with Gasteiger partial charge in [-0.25, -0.2) is 0 Å². The van der Waals surface area contributed by atoms with Gasteiger partial charge in [0.2, 0.25) is 5.91 Å². The van der Waals surface area contributed by atoms with Crippen molar-refractivity contribution in [2.45, 2.75) is 5.75 Å². The Hall–Kier alpha value is -1.16. The fourth-order valence-electron chi connectivity index (χ4n) is 1.80. The van der Waals surface area contributed by atoms with Crippen LogP contribution in [0.1, 0.15) is 5.56 Å². The molecular weight excluding hydrogens is 325 g/mol. The predicted molar refractivity (Wildman–Crippen MR) is 92.5 cm³/mol. The number of anilines is 1. The van der Waals surface area contributed by atoms with Crippen LogP contribution in [-0.4, -0.2) is 18.7 Å². The zero-order valence-corrected chi connectivity index (χ0v) is 13.9. The number of hydrogen-bond acceptors (Lipinski definition) is 2. The summed E-state index contributed by atoms with van der Waals surface area (Å²) in [6.07, 6.45) is 0. The zero-order chi connectivity index (χ0) is 15.2. The molecule has 0 aliphatic carbocycles. The first-order valence-corrected chi connectivity index (χ1v) is 8.33.